The molecule has 0 radical (unpaired) electrons. The third-order valence-corrected chi connectivity index (χ3v) is 5.09. The predicted molar refractivity (Wildman–Crippen MR) is 78.7 cm³/mol. The van der Waals surface area contributed by atoms with Crippen LogP contribution in [0.4, 0.5) is 5.69 Å². The summed E-state index contributed by atoms with van der Waals surface area (Å²) in [6.45, 7) is 0. The number of hydrogen-bond acceptors (Lipinski definition) is 7. The van der Waals surface area contributed by atoms with Gasteiger partial charge in [-0.05, 0) is 23.4 Å². The fourth-order valence-corrected chi connectivity index (χ4v) is 3.55. The third kappa shape index (κ3) is 2.70. The van der Waals surface area contributed by atoms with Crippen molar-refractivity contribution in [1.82, 2.24) is 0 Å². The molecule has 0 atom stereocenters. The molecule has 7 nitrogen and oxygen atoms in total. The minimum absolute atomic E-state index is 0.0611. The van der Waals surface area contributed by atoms with E-state index >= 15 is 0 Å². The fourth-order valence-electron chi connectivity index (χ4n) is 1.75. The number of aromatic hydroxyl groups is 2. The van der Waals surface area contributed by atoms with Crippen molar-refractivity contribution in [3.63, 3.8) is 0 Å². The van der Waals surface area contributed by atoms with E-state index in [1.807, 2.05) is 0 Å². The molecule has 0 fully saturated rings. The van der Waals surface area contributed by atoms with Crippen LogP contribution in [0.15, 0.2) is 45.3 Å². The van der Waals surface area contributed by atoms with Crippen molar-refractivity contribution < 1.29 is 23.4 Å². The molecule has 0 unspecified atom stereocenters. The molecule has 2 rings (SSSR count). The summed E-state index contributed by atoms with van der Waals surface area (Å²) >= 11 is 5.90. The van der Waals surface area contributed by atoms with E-state index in [0.717, 1.165) is 12.1 Å². The SMILES string of the molecule is COc1ccc(Cl)c(S(=O)(=O)c2cc(O)c(O)c(N=O)c2)c1. The zero-order chi connectivity index (χ0) is 16.5. The number of sulfone groups is 1. The molecule has 0 aliphatic heterocycles. The Morgan fingerprint density at radius 1 is 1.18 bits per heavy atom. The number of halogens is 1. The lowest BCUT2D eigenvalue weighted by molar-refractivity contribution is 0.403. The van der Waals surface area contributed by atoms with Gasteiger partial charge in [0.05, 0.1) is 21.9 Å². The van der Waals surface area contributed by atoms with Crippen LogP contribution in [-0.4, -0.2) is 25.7 Å². The maximum Gasteiger partial charge on any atom is 0.208 e. The first-order chi connectivity index (χ1) is 10.3. The number of rotatable bonds is 4. The van der Waals surface area contributed by atoms with Gasteiger partial charge in [-0.25, -0.2) is 8.42 Å². The van der Waals surface area contributed by atoms with Crippen LogP contribution >= 0.6 is 11.6 Å². The van der Waals surface area contributed by atoms with E-state index in [0.29, 0.717) is 0 Å². The first-order valence-electron chi connectivity index (χ1n) is 5.79. The second-order valence-corrected chi connectivity index (χ2v) is 6.53. The third-order valence-electron chi connectivity index (χ3n) is 2.88. The summed E-state index contributed by atoms with van der Waals surface area (Å²) in [7, 11) is -2.79. The van der Waals surface area contributed by atoms with Gasteiger partial charge >= 0.3 is 0 Å². The predicted octanol–water partition coefficient (Wildman–Crippen LogP) is 2.99. The Hall–Kier alpha value is -2.32. The van der Waals surface area contributed by atoms with E-state index in [2.05, 4.69) is 5.18 Å². The average molecular weight is 344 g/mol. The van der Waals surface area contributed by atoms with Crippen LogP contribution in [0.2, 0.25) is 5.02 Å². The summed E-state index contributed by atoms with van der Waals surface area (Å²) in [6.07, 6.45) is 0. The van der Waals surface area contributed by atoms with Crippen LogP contribution < -0.4 is 4.74 Å². The first-order valence-corrected chi connectivity index (χ1v) is 7.65. The van der Waals surface area contributed by atoms with Crippen LogP contribution in [0.1, 0.15) is 0 Å². The minimum Gasteiger partial charge on any atom is -0.504 e. The van der Waals surface area contributed by atoms with Crippen molar-refractivity contribution in [3.8, 4) is 17.2 Å². The van der Waals surface area contributed by atoms with Crippen LogP contribution in [0.25, 0.3) is 0 Å². The number of phenolic OH excluding ortho intramolecular Hbond substituents is 2. The van der Waals surface area contributed by atoms with Gasteiger partial charge in [-0.15, -0.1) is 4.91 Å². The number of nitrogens with zero attached hydrogens (tertiary/aromatic N) is 1. The molecule has 0 bridgehead atoms. The molecule has 116 valence electrons. The Balaban J connectivity index is 2.70. The van der Waals surface area contributed by atoms with Crippen molar-refractivity contribution in [2.24, 2.45) is 5.18 Å². The maximum absolute atomic E-state index is 12.6. The van der Waals surface area contributed by atoms with Gasteiger partial charge < -0.3 is 14.9 Å². The molecular formula is C13H10ClNO6S. The molecule has 0 aliphatic carbocycles. The Labute approximate surface area is 130 Å². The van der Waals surface area contributed by atoms with Crippen LogP contribution in [0.3, 0.4) is 0 Å². The summed E-state index contributed by atoms with van der Waals surface area (Å²) in [5, 5.41) is 21.3. The molecule has 9 heteroatoms. The van der Waals surface area contributed by atoms with Crippen molar-refractivity contribution in [2.45, 2.75) is 9.79 Å². The molecule has 0 saturated heterocycles. The smallest absolute Gasteiger partial charge is 0.208 e. The van der Waals surface area contributed by atoms with E-state index in [1.165, 1.54) is 25.3 Å². The molecule has 0 amide bonds. The van der Waals surface area contributed by atoms with Gasteiger partial charge in [0.2, 0.25) is 9.84 Å². The van der Waals surface area contributed by atoms with Gasteiger partial charge in [-0.2, -0.15) is 0 Å². The summed E-state index contributed by atoms with van der Waals surface area (Å²) < 4.78 is 30.1. The van der Waals surface area contributed by atoms with Crippen molar-refractivity contribution >= 4 is 27.1 Å². The lowest BCUT2D eigenvalue weighted by Gasteiger charge is -2.10. The summed E-state index contributed by atoms with van der Waals surface area (Å²) in [6, 6.07) is 5.67. The van der Waals surface area contributed by atoms with E-state index in [-0.39, 0.29) is 15.7 Å². The normalized spacial score (nSPS) is 11.2. The molecule has 2 aromatic carbocycles. The van der Waals surface area contributed by atoms with Crippen LogP contribution in [0.5, 0.6) is 17.2 Å². The highest BCUT2D eigenvalue weighted by Gasteiger charge is 2.25. The number of methoxy groups -OCH3 is 1. The van der Waals surface area contributed by atoms with E-state index in [4.69, 9.17) is 16.3 Å². The number of benzene rings is 2. The van der Waals surface area contributed by atoms with E-state index in [9.17, 15) is 23.5 Å². The topological polar surface area (TPSA) is 113 Å². The second-order valence-electron chi connectivity index (χ2n) is 4.20. The van der Waals surface area contributed by atoms with Crippen LogP contribution in [-0.2, 0) is 9.84 Å². The highest BCUT2D eigenvalue weighted by molar-refractivity contribution is 7.91. The zero-order valence-electron chi connectivity index (χ0n) is 11.1. The first kappa shape index (κ1) is 16.1. The largest absolute Gasteiger partial charge is 0.504 e. The Morgan fingerprint density at radius 2 is 1.86 bits per heavy atom. The highest BCUT2D eigenvalue weighted by Crippen LogP contribution is 2.40. The van der Waals surface area contributed by atoms with Gasteiger partial charge in [0.15, 0.2) is 17.2 Å². The molecule has 0 heterocycles. The maximum atomic E-state index is 12.6. The molecule has 2 N–H and O–H groups in total. The Morgan fingerprint density at radius 3 is 2.45 bits per heavy atom. The zero-order valence-corrected chi connectivity index (χ0v) is 12.7. The molecular weight excluding hydrogens is 334 g/mol. The highest BCUT2D eigenvalue weighted by atomic mass is 35.5. The van der Waals surface area contributed by atoms with E-state index < -0.39 is 31.9 Å². The van der Waals surface area contributed by atoms with Gasteiger partial charge in [0.25, 0.3) is 0 Å². The molecule has 0 aromatic heterocycles. The lowest BCUT2D eigenvalue weighted by atomic mass is 10.3. The average Bonchev–Trinajstić information content (AvgIpc) is 2.50. The van der Waals surface area contributed by atoms with Gasteiger partial charge in [0, 0.05) is 12.1 Å². The van der Waals surface area contributed by atoms with E-state index in [1.54, 1.807) is 0 Å². The monoisotopic (exact) mass is 343 g/mol. The molecule has 2 aromatic rings. The van der Waals surface area contributed by atoms with Crippen molar-refractivity contribution in [3.05, 3.63) is 40.3 Å². The fraction of sp³-hybridized carbons (Fsp3) is 0.0769. The summed E-state index contributed by atoms with van der Waals surface area (Å²) in [5.41, 5.74) is -0.599. The quantitative estimate of drug-likeness (QED) is 0.651. The molecule has 0 aliphatic rings. The summed E-state index contributed by atoms with van der Waals surface area (Å²) in [4.78, 5) is 9.90. The van der Waals surface area contributed by atoms with Gasteiger partial charge in [-0.3, -0.25) is 0 Å². The Bertz CT molecular complexity index is 850. The van der Waals surface area contributed by atoms with Crippen molar-refractivity contribution in [1.29, 1.82) is 0 Å². The minimum atomic E-state index is -4.16. The van der Waals surface area contributed by atoms with Crippen molar-refractivity contribution in [2.75, 3.05) is 7.11 Å². The molecule has 0 spiro atoms. The Kier molecular flexibility index (Phi) is 4.25. The number of ether oxygens (including phenoxy) is 1. The second kappa shape index (κ2) is 5.82. The lowest BCUT2D eigenvalue weighted by Crippen LogP contribution is -2.03. The summed E-state index contributed by atoms with van der Waals surface area (Å²) in [5.74, 6) is -1.32. The standard InChI is InChI=1S/C13H10ClNO6S/c1-21-7-2-3-9(14)12(4-7)22(19,20)8-5-10(15-18)13(17)11(16)6-8/h2-6,16-17H,1H3. The number of nitroso groups, excluding NO2 is 1. The molecule has 22 heavy (non-hydrogen) atoms. The number of phenols is 2. The van der Waals surface area contributed by atoms with Gasteiger partial charge in [-0.1, -0.05) is 11.6 Å². The van der Waals surface area contributed by atoms with Gasteiger partial charge in [0.1, 0.15) is 5.75 Å². The molecule has 0 saturated carbocycles. The van der Waals surface area contributed by atoms with Crippen LogP contribution in [0, 0.1) is 4.91 Å². The number of hydrogen-bond donors (Lipinski definition) is 2.